The molecule has 2 N–H and O–H groups in total. The summed E-state index contributed by atoms with van der Waals surface area (Å²) in [6.45, 7) is 0.600. The fourth-order valence-corrected chi connectivity index (χ4v) is 2.87. The fraction of sp³-hybridized carbons (Fsp3) is 0.300. The number of nitrogens with one attached hydrogen (secondary N) is 2. The van der Waals surface area contributed by atoms with Crippen LogP contribution >= 0.6 is 15.9 Å². The normalized spacial score (nSPS) is 11.9. The number of rotatable bonds is 8. The second-order valence-electron chi connectivity index (χ2n) is 6.35. The van der Waals surface area contributed by atoms with Gasteiger partial charge in [0.25, 0.3) is 5.91 Å². The monoisotopic (exact) mass is 435 g/mol. The summed E-state index contributed by atoms with van der Waals surface area (Å²) in [6, 6.07) is 13.2. The van der Waals surface area contributed by atoms with Gasteiger partial charge in [-0.15, -0.1) is 0 Å². The summed E-state index contributed by atoms with van der Waals surface area (Å²) in [6.07, 6.45) is 0.172. The molecule has 0 saturated heterocycles. The molecule has 1 unspecified atom stereocenters. The van der Waals surface area contributed by atoms with E-state index < -0.39 is 0 Å². The fourth-order valence-electron chi connectivity index (χ4n) is 2.60. The van der Waals surface area contributed by atoms with E-state index in [2.05, 4.69) is 26.6 Å². The minimum atomic E-state index is -0.304. The lowest BCUT2D eigenvalue weighted by molar-refractivity contribution is -0.121. The maximum Gasteiger partial charge on any atom is 0.251 e. The Morgan fingerprint density at radius 1 is 1.11 bits per heavy atom. The Kier molecular flexibility index (Phi) is 7.94. The molecule has 0 aliphatic heterocycles. The Bertz CT molecular complexity index is 781. The van der Waals surface area contributed by atoms with Crippen LogP contribution in [0.25, 0.3) is 0 Å². The first-order chi connectivity index (χ1) is 12.9. The molecule has 27 heavy (non-hydrogen) atoms. The molecule has 0 aromatic heterocycles. The van der Waals surface area contributed by atoms with Crippen molar-refractivity contribution in [1.29, 1.82) is 0 Å². The van der Waals surface area contributed by atoms with Crippen LogP contribution in [0.1, 0.15) is 28.4 Å². The van der Waals surface area contributed by atoms with E-state index in [1.165, 1.54) is 12.1 Å². The summed E-state index contributed by atoms with van der Waals surface area (Å²) in [5.74, 6) is -0.697. The van der Waals surface area contributed by atoms with Gasteiger partial charge < -0.3 is 15.5 Å². The SMILES string of the molecule is CN(C)C(CNC(=O)CCNC(=O)c1ccc(Br)cc1)c1cccc(F)c1. The maximum atomic E-state index is 13.4. The average Bonchev–Trinajstić information content (AvgIpc) is 2.62. The number of likely N-dealkylation sites (N-methyl/N-ethyl adjacent to an activating group) is 1. The number of halogens is 2. The Labute approximate surface area is 167 Å². The molecule has 2 aromatic carbocycles. The highest BCUT2D eigenvalue weighted by atomic mass is 79.9. The van der Waals surface area contributed by atoms with Gasteiger partial charge in [-0.3, -0.25) is 9.59 Å². The van der Waals surface area contributed by atoms with E-state index in [0.29, 0.717) is 12.1 Å². The van der Waals surface area contributed by atoms with Gasteiger partial charge in [0.05, 0.1) is 6.04 Å². The van der Waals surface area contributed by atoms with Crippen LogP contribution in [-0.2, 0) is 4.79 Å². The minimum Gasteiger partial charge on any atom is -0.354 e. The Morgan fingerprint density at radius 3 is 2.44 bits per heavy atom. The van der Waals surface area contributed by atoms with Crippen molar-refractivity contribution in [3.63, 3.8) is 0 Å². The number of carbonyl (C=O) groups is 2. The van der Waals surface area contributed by atoms with E-state index in [4.69, 9.17) is 0 Å². The third kappa shape index (κ3) is 6.77. The Balaban J connectivity index is 1.79. The molecule has 0 heterocycles. The molecule has 0 spiro atoms. The molecule has 0 aliphatic carbocycles. The highest BCUT2D eigenvalue weighted by molar-refractivity contribution is 9.10. The van der Waals surface area contributed by atoms with E-state index in [-0.39, 0.29) is 36.6 Å². The van der Waals surface area contributed by atoms with Crippen LogP contribution in [0.15, 0.2) is 53.0 Å². The topological polar surface area (TPSA) is 61.4 Å². The summed E-state index contributed by atoms with van der Waals surface area (Å²) < 4.78 is 14.3. The molecule has 2 aromatic rings. The summed E-state index contributed by atoms with van der Waals surface area (Å²) in [5, 5.41) is 5.57. The molecule has 144 valence electrons. The van der Waals surface area contributed by atoms with Crippen LogP contribution in [0, 0.1) is 5.82 Å². The summed E-state index contributed by atoms with van der Waals surface area (Å²) in [5.41, 5.74) is 1.33. The van der Waals surface area contributed by atoms with Gasteiger partial charge in [-0.05, 0) is 56.1 Å². The highest BCUT2D eigenvalue weighted by Gasteiger charge is 2.16. The van der Waals surface area contributed by atoms with Crippen LogP contribution < -0.4 is 10.6 Å². The summed E-state index contributed by atoms with van der Waals surface area (Å²) >= 11 is 3.32. The van der Waals surface area contributed by atoms with E-state index in [1.54, 1.807) is 30.3 Å². The van der Waals surface area contributed by atoms with Crippen molar-refractivity contribution < 1.29 is 14.0 Å². The number of amides is 2. The number of hydrogen-bond acceptors (Lipinski definition) is 3. The average molecular weight is 436 g/mol. The minimum absolute atomic E-state index is 0.137. The largest absolute Gasteiger partial charge is 0.354 e. The summed E-state index contributed by atoms with van der Waals surface area (Å²) in [4.78, 5) is 26.0. The number of benzene rings is 2. The first-order valence-electron chi connectivity index (χ1n) is 8.59. The van der Waals surface area contributed by atoms with Crippen LogP contribution in [0.3, 0.4) is 0 Å². The molecule has 7 heteroatoms. The third-order valence-corrected chi connectivity index (χ3v) is 4.62. The number of hydrogen-bond donors (Lipinski definition) is 2. The predicted octanol–water partition coefficient (Wildman–Crippen LogP) is 3.13. The number of nitrogens with zero attached hydrogens (tertiary/aromatic N) is 1. The first-order valence-corrected chi connectivity index (χ1v) is 9.38. The molecule has 0 bridgehead atoms. The van der Waals surface area contributed by atoms with Crippen molar-refractivity contribution in [2.75, 3.05) is 27.2 Å². The van der Waals surface area contributed by atoms with E-state index >= 15 is 0 Å². The number of carbonyl (C=O) groups excluding carboxylic acids is 2. The first kappa shape index (κ1) is 21.1. The lowest BCUT2D eigenvalue weighted by Crippen LogP contribution is -2.36. The van der Waals surface area contributed by atoms with Crippen molar-refractivity contribution in [3.05, 3.63) is 69.9 Å². The molecule has 5 nitrogen and oxygen atoms in total. The van der Waals surface area contributed by atoms with Crippen LogP contribution in [0.4, 0.5) is 4.39 Å². The van der Waals surface area contributed by atoms with Gasteiger partial charge in [0.15, 0.2) is 0 Å². The quantitative estimate of drug-likeness (QED) is 0.669. The van der Waals surface area contributed by atoms with Crippen LogP contribution in [-0.4, -0.2) is 43.9 Å². The molecule has 2 amide bonds. The summed E-state index contributed by atoms with van der Waals surface area (Å²) in [7, 11) is 3.75. The van der Waals surface area contributed by atoms with Crippen LogP contribution in [0.2, 0.25) is 0 Å². The van der Waals surface area contributed by atoms with Crippen LogP contribution in [0.5, 0.6) is 0 Å². The van der Waals surface area contributed by atoms with E-state index in [0.717, 1.165) is 10.0 Å². The second kappa shape index (κ2) is 10.2. The highest BCUT2D eigenvalue weighted by Crippen LogP contribution is 2.18. The molecular weight excluding hydrogens is 413 g/mol. The van der Waals surface area contributed by atoms with Gasteiger partial charge in [-0.1, -0.05) is 28.1 Å². The van der Waals surface area contributed by atoms with Gasteiger partial charge in [-0.25, -0.2) is 4.39 Å². The van der Waals surface area contributed by atoms with Crippen molar-refractivity contribution in [2.24, 2.45) is 0 Å². The molecule has 2 rings (SSSR count). The van der Waals surface area contributed by atoms with Gasteiger partial charge in [0.2, 0.25) is 5.91 Å². The lowest BCUT2D eigenvalue weighted by atomic mass is 10.1. The Morgan fingerprint density at radius 2 is 1.81 bits per heavy atom. The van der Waals surface area contributed by atoms with Crippen molar-refractivity contribution in [2.45, 2.75) is 12.5 Å². The van der Waals surface area contributed by atoms with Gasteiger partial charge in [-0.2, -0.15) is 0 Å². The smallest absolute Gasteiger partial charge is 0.251 e. The Hall–Kier alpha value is -2.25. The third-order valence-electron chi connectivity index (χ3n) is 4.09. The molecule has 1 atom stereocenters. The van der Waals surface area contributed by atoms with Gasteiger partial charge >= 0.3 is 0 Å². The second-order valence-corrected chi connectivity index (χ2v) is 7.27. The molecule has 0 fully saturated rings. The van der Waals surface area contributed by atoms with Gasteiger partial charge in [0.1, 0.15) is 5.82 Å². The van der Waals surface area contributed by atoms with Crippen molar-refractivity contribution in [3.8, 4) is 0 Å². The van der Waals surface area contributed by atoms with Gasteiger partial charge in [0, 0.05) is 29.5 Å². The maximum absolute atomic E-state index is 13.4. The molecule has 0 radical (unpaired) electrons. The zero-order chi connectivity index (χ0) is 19.8. The van der Waals surface area contributed by atoms with Crippen molar-refractivity contribution in [1.82, 2.24) is 15.5 Å². The van der Waals surface area contributed by atoms with E-state index in [9.17, 15) is 14.0 Å². The molecule has 0 aliphatic rings. The van der Waals surface area contributed by atoms with E-state index in [1.807, 2.05) is 25.1 Å². The molecular formula is C20H23BrFN3O2. The predicted molar refractivity (Wildman–Crippen MR) is 107 cm³/mol. The zero-order valence-corrected chi connectivity index (χ0v) is 16.9. The zero-order valence-electron chi connectivity index (χ0n) is 15.3. The lowest BCUT2D eigenvalue weighted by Gasteiger charge is -2.25. The van der Waals surface area contributed by atoms with Crippen molar-refractivity contribution >= 4 is 27.7 Å². The molecule has 0 saturated carbocycles. The standard InChI is InChI=1S/C20H23BrFN3O2/c1-25(2)18(15-4-3-5-17(22)12-15)13-24-19(26)10-11-23-20(27)14-6-8-16(21)9-7-14/h3-9,12,18H,10-11,13H2,1-2H3,(H,23,27)(H,24,26).